The third kappa shape index (κ3) is 3.33. The van der Waals surface area contributed by atoms with E-state index in [2.05, 4.69) is 0 Å². The van der Waals surface area contributed by atoms with Crippen molar-refractivity contribution in [3.63, 3.8) is 0 Å². The summed E-state index contributed by atoms with van der Waals surface area (Å²) < 4.78 is 13.1. The van der Waals surface area contributed by atoms with Crippen LogP contribution in [0.2, 0.25) is 0 Å². The van der Waals surface area contributed by atoms with Gasteiger partial charge in [-0.25, -0.2) is 4.39 Å². The fourth-order valence-electron chi connectivity index (χ4n) is 2.54. The molecule has 4 heteroatoms. The van der Waals surface area contributed by atoms with Crippen LogP contribution in [0.4, 0.5) is 4.39 Å². The first-order chi connectivity index (χ1) is 7.68. The Morgan fingerprint density at radius 3 is 2.53 bits per heavy atom. The summed E-state index contributed by atoms with van der Waals surface area (Å²) in [5, 5.41) is 9.69. The lowest BCUT2D eigenvalue weighted by Gasteiger charge is -2.28. The number of nitrogens with two attached hydrogens (primary N) is 1. The second-order valence-electron chi connectivity index (χ2n) is 4.63. The molecular formula is C13H19ClFNO. The van der Waals surface area contributed by atoms with Gasteiger partial charge in [-0.3, -0.25) is 0 Å². The predicted molar refractivity (Wildman–Crippen MR) is 68.8 cm³/mol. The zero-order valence-electron chi connectivity index (χ0n) is 9.73. The number of phenolic OH excluding ortho intramolecular Hbond substituents is 1. The average Bonchev–Trinajstić information content (AvgIpc) is 2.32. The quantitative estimate of drug-likeness (QED) is 0.853. The van der Waals surface area contributed by atoms with E-state index >= 15 is 0 Å². The molecule has 1 aromatic rings. The summed E-state index contributed by atoms with van der Waals surface area (Å²) in [6.45, 7) is 0. The fraction of sp³-hybridized carbons (Fsp3) is 0.538. The molecule has 96 valence electrons. The van der Waals surface area contributed by atoms with Gasteiger partial charge in [0.1, 0.15) is 11.6 Å². The first kappa shape index (κ1) is 14.3. The molecule has 0 saturated heterocycles. The molecule has 2 nitrogen and oxygen atoms in total. The zero-order chi connectivity index (χ0) is 11.5. The Morgan fingerprint density at radius 1 is 1.24 bits per heavy atom. The molecule has 1 fully saturated rings. The zero-order valence-corrected chi connectivity index (χ0v) is 10.5. The van der Waals surface area contributed by atoms with Crippen molar-refractivity contribution in [1.29, 1.82) is 0 Å². The molecule has 0 spiro atoms. The molecule has 0 heterocycles. The molecule has 1 aliphatic rings. The van der Waals surface area contributed by atoms with Gasteiger partial charge >= 0.3 is 0 Å². The van der Waals surface area contributed by atoms with Crippen LogP contribution in [-0.4, -0.2) is 5.11 Å². The number of phenols is 1. The van der Waals surface area contributed by atoms with Gasteiger partial charge in [0, 0.05) is 11.6 Å². The number of benzene rings is 1. The lowest BCUT2D eigenvalue weighted by Crippen LogP contribution is -2.23. The van der Waals surface area contributed by atoms with Gasteiger partial charge in [-0.2, -0.15) is 0 Å². The van der Waals surface area contributed by atoms with E-state index in [4.69, 9.17) is 5.73 Å². The van der Waals surface area contributed by atoms with E-state index in [1.54, 1.807) is 0 Å². The van der Waals surface area contributed by atoms with Crippen molar-refractivity contribution in [3.8, 4) is 5.75 Å². The third-order valence-electron chi connectivity index (χ3n) is 3.51. The van der Waals surface area contributed by atoms with Crippen LogP contribution in [0.15, 0.2) is 18.2 Å². The maximum absolute atomic E-state index is 13.1. The third-order valence-corrected chi connectivity index (χ3v) is 3.51. The van der Waals surface area contributed by atoms with Crippen LogP contribution in [0.25, 0.3) is 0 Å². The summed E-state index contributed by atoms with van der Waals surface area (Å²) in [4.78, 5) is 0. The summed E-state index contributed by atoms with van der Waals surface area (Å²) in [6.07, 6.45) is 5.80. The second kappa shape index (κ2) is 6.22. The first-order valence-corrected chi connectivity index (χ1v) is 5.92. The maximum atomic E-state index is 13.1. The van der Waals surface area contributed by atoms with Crippen molar-refractivity contribution < 1.29 is 9.50 Å². The first-order valence-electron chi connectivity index (χ1n) is 5.92. The Kier molecular flexibility index (Phi) is 5.22. The summed E-state index contributed by atoms with van der Waals surface area (Å²) in [5.41, 5.74) is 6.66. The topological polar surface area (TPSA) is 46.2 Å². The van der Waals surface area contributed by atoms with Crippen molar-refractivity contribution >= 4 is 12.4 Å². The summed E-state index contributed by atoms with van der Waals surface area (Å²) >= 11 is 0. The standard InChI is InChI=1S/C13H18FNO.ClH/c14-10-6-7-12(16)11(8-10)13(15)9-4-2-1-3-5-9;/h6-9,13,16H,1-5,15H2;1H/t13-;/m0./s1. The molecular weight excluding hydrogens is 241 g/mol. The van der Waals surface area contributed by atoms with Crippen LogP contribution >= 0.6 is 12.4 Å². The highest BCUT2D eigenvalue weighted by molar-refractivity contribution is 5.85. The highest BCUT2D eigenvalue weighted by Gasteiger charge is 2.24. The van der Waals surface area contributed by atoms with Crippen molar-refractivity contribution in [2.45, 2.75) is 38.1 Å². The Labute approximate surface area is 107 Å². The monoisotopic (exact) mass is 259 g/mol. The molecule has 0 amide bonds. The minimum atomic E-state index is -0.334. The number of aromatic hydroxyl groups is 1. The van der Waals surface area contributed by atoms with Gasteiger partial charge in [0.05, 0.1) is 0 Å². The van der Waals surface area contributed by atoms with Gasteiger partial charge in [0.25, 0.3) is 0 Å². The van der Waals surface area contributed by atoms with Crippen molar-refractivity contribution in [2.24, 2.45) is 11.7 Å². The van der Waals surface area contributed by atoms with Crippen molar-refractivity contribution in [3.05, 3.63) is 29.6 Å². The van der Waals surface area contributed by atoms with Gasteiger partial charge in [0.2, 0.25) is 0 Å². The van der Waals surface area contributed by atoms with Crippen LogP contribution < -0.4 is 5.73 Å². The molecule has 1 atom stereocenters. The molecule has 0 unspecified atom stereocenters. The molecule has 1 aromatic carbocycles. The van der Waals surface area contributed by atoms with Crippen LogP contribution in [0.5, 0.6) is 5.75 Å². The molecule has 1 saturated carbocycles. The van der Waals surface area contributed by atoms with E-state index in [0.29, 0.717) is 11.5 Å². The van der Waals surface area contributed by atoms with Crippen LogP contribution in [-0.2, 0) is 0 Å². The highest BCUT2D eigenvalue weighted by atomic mass is 35.5. The van der Waals surface area contributed by atoms with Gasteiger partial charge < -0.3 is 10.8 Å². The summed E-state index contributed by atoms with van der Waals surface area (Å²) in [6, 6.07) is 3.75. The molecule has 0 aromatic heterocycles. The Balaban J connectivity index is 0.00000144. The van der Waals surface area contributed by atoms with Crippen molar-refractivity contribution in [2.75, 3.05) is 0 Å². The molecule has 0 aliphatic heterocycles. The minimum Gasteiger partial charge on any atom is -0.508 e. The molecule has 2 rings (SSSR count). The number of halogens is 2. The van der Waals surface area contributed by atoms with Gasteiger partial charge in [-0.05, 0) is 37.0 Å². The van der Waals surface area contributed by atoms with E-state index in [9.17, 15) is 9.50 Å². The highest BCUT2D eigenvalue weighted by Crippen LogP contribution is 2.36. The Hall–Kier alpha value is -0.800. The maximum Gasteiger partial charge on any atom is 0.123 e. The molecule has 1 aliphatic carbocycles. The summed E-state index contributed by atoms with van der Waals surface area (Å²) in [7, 11) is 0. The Bertz CT molecular complexity index is 366. The van der Waals surface area contributed by atoms with E-state index < -0.39 is 0 Å². The van der Waals surface area contributed by atoms with Crippen LogP contribution in [0, 0.1) is 11.7 Å². The van der Waals surface area contributed by atoms with Gasteiger partial charge in [-0.1, -0.05) is 19.3 Å². The van der Waals surface area contributed by atoms with Crippen molar-refractivity contribution in [1.82, 2.24) is 0 Å². The van der Waals surface area contributed by atoms with E-state index in [1.807, 2.05) is 0 Å². The van der Waals surface area contributed by atoms with E-state index in [1.165, 1.54) is 37.5 Å². The molecule has 3 N–H and O–H groups in total. The average molecular weight is 260 g/mol. The van der Waals surface area contributed by atoms with E-state index in [-0.39, 0.29) is 30.0 Å². The Morgan fingerprint density at radius 2 is 1.88 bits per heavy atom. The molecule has 0 radical (unpaired) electrons. The van der Waals surface area contributed by atoms with E-state index in [0.717, 1.165) is 12.8 Å². The number of rotatable bonds is 2. The van der Waals surface area contributed by atoms with Gasteiger partial charge in [-0.15, -0.1) is 12.4 Å². The van der Waals surface area contributed by atoms with Crippen LogP contribution in [0.3, 0.4) is 0 Å². The lowest BCUT2D eigenvalue weighted by molar-refractivity contribution is 0.302. The number of hydrogen-bond acceptors (Lipinski definition) is 2. The fourth-order valence-corrected chi connectivity index (χ4v) is 2.54. The summed E-state index contributed by atoms with van der Waals surface area (Å²) in [5.74, 6) is 0.153. The van der Waals surface area contributed by atoms with Crippen LogP contribution in [0.1, 0.15) is 43.7 Å². The minimum absolute atomic E-state index is 0. The molecule has 0 bridgehead atoms. The normalized spacial score (nSPS) is 18.5. The predicted octanol–water partition coefficient (Wildman–Crippen LogP) is 3.53. The largest absolute Gasteiger partial charge is 0.508 e. The second-order valence-corrected chi connectivity index (χ2v) is 4.63. The SMILES string of the molecule is Cl.N[C@H](c1cc(F)ccc1O)C1CCCCC1. The molecule has 17 heavy (non-hydrogen) atoms. The number of hydrogen-bond donors (Lipinski definition) is 2. The smallest absolute Gasteiger partial charge is 0.123 e. The van der Waals surface area contributed by atoms with Gasteiger partial charge in [0.15, 0.2) is 0 Å². The lowest BCUT2D eigenvalue weighted by atomic mass is 9.81.